The van der Waals surface area contributed by atoms with Crippen molar-refractivity contribution in [1.29, 1.82) is 0 Å². The maximum Gasteiger partial charge on any atom is 0.0594 e. The Balaban J connectivity index is 1.60. The molecule has 0 saturated heterocycles. The number of rotatable bonds is 6. The summed E-state index contributed by atoms with van der Waals surface area (Å²) in [4.78, 5) is 0. The minimum Gasteiger partial charge on any atom is -0.396 e. The monoisotopic (exact) mass is 503 g/mol. The van der Waals surface area contributed by atoms with Crippen LogP contribution in [0, 0.1) is 51.2 Å². The molecule has 9 atom stereocenters. The summed E-state index contributed by atoms with van der Waals surface area (Å²) < 4.78 is 0. The normalized spacial score (nSPS) is 46.9. The van der Waals surface area contributed by atoms with Gasteiger partial charge in [0.25, 0.3) is 0 Å². The van der Waals surface area contributed by atoms with Crippen LogP contribution in [0.15, 0.2) is 12.2 Å². The molecule has 0 bridgehead atoms. The molecule has 4 N–H and O–H groups in total. The van der Waals surface area contributed by atoms with E-state index < -0.39 is 0 Å². The van der Waals surface area contributed by atoms with Crippen LogP contribution in [0.1, 0.15) is 105 Å². The van der Waals surface area contributed by atoms with Gasteiger partial charge in [0.15, 0.2) is 0 Å². The van der Waals surface area contributed by atoms with Gasteiger partial charge in [-0.1, -0.05) is 53.2 Å². The molecule has 0 radical (unpaired) electrons. The second-order valence-corrected chi connectivity index (χ2v) is 14.7. The molecule has 0 aromatic rings. The Morgan fingerprint density at radius 2 is 1.56 bits per heavy atom. The van der Waals surface area contributed by atoms with E-state index in [1.807, 2.05) is 0 Å². The Morgan fingerprint density at radius 3 is 2.25 bits per heavy atom. The first-order chi connectivity index (χ1) is 17.0. The van der Waals surface area contributed by atoms with Gasteiger partial charge in [-0.05, 0) is 115 Å². The zero-order chi connectivity index (χ0) is 26.4. The molecule has 4 aliphatic rings. The SMILES string of the molecule is C=C(CNCCO)[C@@H]1CC[C@]2(CO)CC[C@@H](C)[C@]3(C)CC[C@H]4C(C)(C)C(O)CC[C@]4(C)[C@H]3CCC[C@@H]12. The molecule has 4 aliphatic carbocycles. The Kier molecular flexibility index (Phi) is 8.44. The van der Waals surface area contributed by atoms with Gasteiger partial charge in [-0.3, -0.25) is 0 Å². The second kappa shape index (κ2) is 10.6. The summed E-state index contributed by atoms with van der Waals surface area (Å²) in [7, 11) is 0. The summed E-state index contributed by atoms with van der Waals surface area (Å²) in [5.41, 5.74) is 1.94. The summed E-state index contributed by atoms with van der Waals surface area (Å²) >= 11 is 0. The van der Waals surface area contributed by atoms with Crippen LogP contribution < -0.4 is 5.32 Å². The number of hydrogen-bond donors (Lipinski definition) is 4. The second-order valence-electron chi connectivity index (χ2n) is 14.7. The Bertz CT molecular complexity index is 781. The van der Waals surface area contributed by atoms with Gasteiger partial charge in [0.05, 0.1) is 12.7 Å². The highest BCUT2D eigenvalue weighted by molar-refractivity contribution is 5.14. The Hall–Kier alpha value is -0.420. The topological polar surface area (TPSA) is 72.7 Å². The van der Waals surface area contributed by atoms with Crippen LogP contribution >= 0.6 is 0 Å². The van der Waals surface area contributed by atoms with Crippen LogP contribution in [-0.4, -0.2) is 47.7 Å². The van der Waals surface area contributed by atoms with Crippen LogP contribution in [0.4, 0.5) is 0 Å². The van der Waals surface area contributed by atoms with Crippen LogP contribution in [-0.2, 0) is 0 Å². The first-order valence-corrected chi connectivity index (χ1v) is 15.2. The number of hydrogen-bond acceptors (Lipinski definition) is 4. The predicted molar refractivity (Wildman–Crippen MR) is 149 cm³/mol. The largest absolute Gasteiger partial charge is 0.396 e. The average molecular weight is 504 g/mol. The van der Waals surface area contributed by atoms with E-state index in [9.17, 15) is 15.3 Å². The molecule has 36 heavy (non-hydrogen) atoms. The quantitative estimate of drug-likeness (QED) is 0.267. The molecular weight excluding hydrogens is 446 g/mol. The third kappa shape index (κ3) is 4.65. The molecular formula is C32H57NO3. The van der Waals surface area contributed by atoms with E-state index >= 15 is 0 Å². The standard InChI is InChI=1S/C32H57NO3/c1-22(20-33-18-19-34)24-11-17-32(21-35)16-10-23(2)30(5)14-12-26-29(3,4)28(36)13-15-31(26,6)27(30)9-7-8-25(24)32/h23-28,33-36H,1,7-21H2,2-6H3/t23-,24+,25+,26+,27+,28?,30+,31+,32+/m1/s1. The zero-order valence-electron chi connectivity index (χ0n) is 24.1. The van der Waals surface area contributed by atoms with Crippen LogP contribution in [0.3, 0.4) is 0 Å². The van der Waals surface area contributed by atoms with Crippen molar-refractivity contribution in [3.05, 3.63) is 12.2 Å². The van der Waals surface area contributed by atoms with E-state index in [0.717, 1.165) is 38.6 Å². The minimum absolute atomic E-state index is 0.00517. The van der Waals surface area contributed by atoms with E-state index in [2.05, 4.69) is 46.5 Å². The van der Waals surface area contributed by atoms with Gasteiger partial charge in [0.2, 0.25) is 0 Å². The van der Waals surface area contributed by atoms with Crippen LogP contribution in [0.2, 0.25) is 0 Å². The summed E-state index contributed by atoms with van der Waals surface area (Å²) in [6, 6.07) is 0. The van der Waals surface area contributed by atoms with Crippen molar-refractivity contribution in [2.45, 2.75) is 111 Å². The zero-order valence-corrected chi connectivity index (χ0v) is 24.1. The van der Waals surface area contributed by atoms with E-state index in [1.165, 1.54) is 44.1 Å². The third-order valence-electron chi connectivity index (χ3n) is 13.0. The van der Waals surface area contributed by atoms with Crippen LogP contribution in [0.25, 0.3) is 0 Å². The number of aliphatic hydroxyl groups is 3. The highest BCUT2D eigenvalue weighted by Crippen LogP contribution is 2.68. The molecule has 4 nitrogen and oxygen atoms in total. The third-order valence-corrected chi connectivity index (χ3v) is 13.0. The van der Waals surface area contributed by atoms with Gasteiger partial charge in [0.1, 0.15) is 0 Å². The molecule has 0 aromatic carbocycles. The number of fused-ring (bicyclic) bond motifs is 4. The molecule has 1 unspecified atom stereocenters. The highest BCUT2D eigenvalue weighted by Gasteiger charge is 2.61. The van der Waals surface area contributed by atoms with Gasteiger partial charge >= 0.3 is 0 Å². The lowest BCUT2D eigenvalue weighted by atomic mass is 9.40. The highest BCUT2D eigenvalue weighted by atomic mass is 16.3. The van der Waals surface area contributed by atoms with Gasteiger partial charge in [-0.15, -0.1) is 0 Å². The van der Waals surface area contributed by atoms with Crippen molar-refractivity contribution in [2.24, 2.45) is 51.2 Å². The van der Waals surface area contributed by atoms with E-state index in [0.29, 0.717) is 53.6 Å². The van der Waals surface area contributed by atoms with Crippen molar-refractivity contribution in [3.63, 3.8) is 0 Å². The van der Waals surface area contributed by atoms with E-state index in [1.54, 1.807) is 0 Å². The molecule has 0 amide bonds. The molecule has 4 heteroatoms. The summed E-state index contributed by atoms with van der Waals surface area (Å²) in [6.07, 6.45) is 12.8. The molecule has 0 spiro atoms. The van der Waals surface area contributed by atoms with Gasteiger partial charge in [-0.2, -0.15) is 0 Å². The number of nitrogens with one attached hydrogen (secondary N) is 1. The minimum atomic E-state index is -0.174. The predicted octanol–water partition coefficient (Wildman–Crippen LogP) is 5.95. The lowest BCUT2D eigenvalue weighted by molar-refractivity contribution is -0.184. The van der Waals surface area contributed by atoms with Crippen molar-refractivity contribution in [2.75, 3.05) is 26.3 Å². The fourth-order valence-corrected chi connectivity index (χ4v) is 10.5. The summed E-state index contributed by atoms with van der Waals surface area (Å²) in [5, 5.41) is 34.3. The first-order valence-electron chi connectivity index (χ1n) is 15.2. The lowest BCUT2D eigenvalue weighted by Crippen LogP contribution is -2.59. The van der Waals surface area contributed by atoms with Gasteiger partial charge < -0.3 is 20.6 Å². The number of aliphatic hydroxyl groups excluding tert-OH is 3. The van der Waals surface area contributed by atoms with E-state index in [4.69, 9.17) is 0 Å². The van der Waals surface area contributed by atoms with E-state index in [-0.39, 0.29) is 23.5 Å². The fourth-order valence-electron chi connectivity index (χ4n) is 10.5. The molecule has 0 aliphatic heterocycles. The molecule has 208 valence electrons. The van der Waals surface area contributed by atoms with Crippen molar-refractivity contribution < 1.29 is 15.3 Å². The Morgan fingerprint density at radius 1 is 0.861 bits per heavy atom. The summed E-state index contributed by atoms with van der Waals surface area (Å²) in [5.74, 6) is 2.92. The summed E-state index contributed by atoms with van der Waals surface area (Å²) in [6.45, 7) is 18.7. The maximum atomic E-state index is 11.0. The lowest BCUT2D eigenvalue weighted by Gasteiger charge is -2.65. The first kappa shape index (κ1) is 28.6. The fraction of sp³-hybridized carbons (Fsp3) is 0.938. The molecule has 0 heterocycles. The van der Waals surface area contributed by atoms with Gasteiger partial charge in [0, 0.05) is 19.7 Å². The maximum absolute atomic E-state index is 11.0. The molecule has 4 fully saturated rings. The molecule has 0 aromatic heterocycles. The van der Waals surface area contributed by atoms with Crippen molar-refractivity contribution in [3.8, 4) is 0 Å². The van der Waals surface area contributed by atoms with Gasteiger partial charge in [-0.25, -0.2) is 0 Å². The smallest absolute Gasteiger partial charge is 0.0594 e. The van der Waals surface area contributed by atoms with Crippen molar-refractivity contribution in [1.82, 2.24) is 5.32 Å². The van der Waals surface area contributed by atoms with Crippen molar-refractivity contribution >= 4 is 0 Å². The average Bonchev–Trinajstić information content (AvgIpc) is 3.20. The Labute approximate surface area is 221 Å². The van der Waals surface area contributed by atoms with Crippen LogP contribution in [0.5, 0.6) is 0 Å². The molecule has 4 rings (SSSR count). The molecule has 4 saturated carbocycles.